The summed E-state index contributed by atoms with van der Waals surface area (Å²) < 4.78 is 23.7. The first-order valence-electron chi connectivity index (χ1n) is 5.04. The quantitative estimate of drug-likeness (QED) is 0.437. The molecule has 0 bridgehead atoms. The molecule has 0 radical (unpaired) electrons. The Morgan fingerprint density at radius 2 is 2.26 bits per heavy atom. The summed E-state index contributed by atoms with van der Waals surface area (Å²) >= 11 is 0. The van der Waals surface area contributed by atoms with Crippen molar-refractivity contribution in [3.8, 4) is 5.75 Å². The number of alkyl halides is 2. The molecule has 8 heteroatoms. The Labute approximate surface area is 107 Å². The fourth-order valence-corrected chi connectivity index (χ4v) is 1.17. The van der Waals surface area contributed by atoms with E-state index in [4.69, 9.17) is 12.3 Å². The van der Waals surface area contributed by atoms with Crippen molar-refractivity contribution in [1.82, 2.24) is 5.32 Å². The fourth-order valence-electron chi connectivity index (χ4n) is 1.17. The summed E-state index contributed by atoms with van der Waals surface area (Å²) in [6.07, 6.45) is -2.67. The molecule has 0 saturated heterocycles. The SMILES string of the molecule is [C-]#[N+]c1ccc(O)c(C(=O)NC(N)=NCC(F)F)c1. The second kappa shape index (κ2) is 6.30. The number of halogens is 2. The molecule has 0 aromatic heterocycles. The molecule has 19 heavy (non-hydrogen) atoms. The maximum Gasteiger partial charge on any atom is 0.260 e. The Hall–Kier alpha value is -2.69. The Kier molecular flexibility index (Phi) is 4.76. The van der Waals surface area contributed by atoms with Crippen LogP contribution in [0, 0.1) is 6.57 Å². The van der Waals surface area contributed by atoms with Crippen molar-refractivity contribution in [2.75, 3.05) is 6.54 Å². The number of aliphatic imine (C=N–C) groups is 1. The van der Waals surface area contributed by atoms with E-state index in [1.54, 1.807) is 0 Å². The van der Waals surface area contributed by atoms with Crippen LogP contribution in [-0.2, 0) is 0 Å². The van der Waals surface area contributed by atoms with E-state index in [2.05, 4.69) is 9.84 Å². The number of hydrogen-bond acceptors (Lipinski definition) is 3. The van der Waals surface area contributed by atoms with Gasteiger partial charge in [-0.05, 0) is 12.1 Å². The van der Waals surface area contributed by atoms with Gasteiger partial charge in [0.25, 0.3) is 12.3 Å². The van der Waals surface area contributed by atoms with E-state index >= 15 is 0 Å². The number of phenolic OH excluding ortho intramolecular Hbond substituents is 1. The zero-order valence-electron chi connectivity index (χ0n) is 9.60. The van der Waals surface area contributed by atoms with E-state index in [1.807, 2.05) is 5.32 Å². The van der Waals surface area contributed by atoms with E-state index < -0.39 is 24.8 Å². The number of nitrogens with two attached hydrogens (primary N) is 1. The highest BCUT2D eigenvalue weighted by molar-refractivity contribution is 6.07. The lowest BCUT2D eigenvalue weighted by Gasteiger charge is -2.06. The number of benzene rings is 1. The first kappa shape index (κ1) is 14.4. The van der Waals surface area contributed by atoms with Gasteiger partial charge in [0.2, 0.25) is 0 Å². The van der Waals surface area contributed by atoms with Gasteiger partial charge in [0.15, 0.2) is 11.6 Å². The number of phenols is 1. The third-order valence-electron chi connectivity index (χ3n) is 2.00. The van der Waals surface area contributed by atoms with Crippen molar-refractivity contribution in [3.63, 3.8) is 0 Å². The van der Waals surface area contributed by atoms with Crippen molar-refractivity contribution < 1.29 is 18.7 Å². The van der Waals surface area contributed by atoms with Gasteiger partial charge in [0, 0.05) is 0 Å². The number of nitrogens with one attached hydrogen (secondary N) is 1. The van der Waals surface area contributed by atoms with Gasteiger partial charge in [-0.25, -0.2) is 18.6 Å². The van der Waals surface area contributed by atoms with E-state index in [1.165, 1.54) is 12.1 Å². The molecule has 0 aliphatic carbocycles. The topological polar surface area (TPSA) is 92.1 Å². The Balaban J connectivity index is 2.84. The van der Waals surface area contributed by atoms with Crippen LogP contribution in [0.15, 0.2) is 23.2 Å². The number of guanidine groups is 1. The monoisotopic (exact) mass is 268 g/mol. The van der Waals surface area contributed by atoms with Gasteiger partial charge in [-0.2, -0.15) is 0 Å². The van der Waals surface area contributed by atoms with Crippen LogP contribution in [0.4, 0.5) is 14.5 Å². The molecule has 1 rings (SSSR count). The first-order valence-corrected chi connectivity index (χ1v) is 5.04. The average molecular weight is 268 g/mol. The number of amides is 1. The molecule has 0 fully saturated rings. The molecule has 0 atom stereocenters. The smallest absolute Gasteiger partial charge is 0.260 e. The minimum absolute atomic E-state index is 0.144. The van der Waals surface area contributed by atoms with E-state index in [9.17, 15) is 18.7 Å². The van der Waals surface area contributed by atoms with Crippen molar-refractivity contribution in [2.45, 2.75) is 6.43 Å². The molecule has 100 valence electrons. The maximum atomic E-state index is 11.9. The molecular weight excluding hydrogens is 258 g/mol. The largest absolute Gasteiger partial charge is 0.507 e. The summed E-state index contributed by atoms with van der Waals surface area (Å²) in [6, 6.07) is 3.65. The molecule has 0 aliphatic heterocycles. The summed E-state index contributed by atoms with van der Waals surface area (Å²) in [6.45, 7) is 5.95. The van der Waals surface area contributed by atoms with E-state index in [0.29, 0.717) is 0 Å². The molecule has 1 amide bonds. The highest BCUT2D eigenvalue weighted by Crippen LogP contribution is 2.23. The third-order valence-corrected chi connectivity index (χ3v) is 2.00. The normalized spacial score (nSPS) is 11.2. The second-order valence-corrected chi connectivity index (χ2v) is 3.38. The minimum Gasteiger partial charge on any atom is -0.507 e. The lowest BCUT2D eigenvalue weighted by molar-refractivity contribution is 0.0973. The number of rotatable bonds is 3. The average Bonchev–Trinajstić information content (AvgIpc) is 2.36. The molecule has 0 saturated carbocycles. The van der Waals surface area contributed by atoms with Crippen molar-refractivity contribution >= 4 is 17.6 Å². The van der Waals surface area contributed by atoms with Crippen LogP contribution in [0.25, 0.3) is 4.85 Å². The molecule has 4 N–H and O–H groups in total. The first-order chi connectivity index (χ1) is 8.93. The Bertz CT molecular complexity index is 552. The number of aromatic hydroxyl groups is 1. The third kappa shape index (κ3) is 4.23. The van der Waals surface area contributed by atoms with Crippen LogP contribution in [-0.4, -0.2) is 29.9 Å². The van der Waals surface area contributed by atoms with Gasteiger partial charge in [-0.15, -0.1) is 0 Å². The van der Waals surface area contributed by atoms with Crippen LogP contribution in [0.3, 0.4) is 0 Å². The van der Waals surface area contributed by atoms with Gasteiger partial charge in [-0.1, -0.05) is 6.07 Å². The van der Waals surface area contributed by atoms with Gasteiger partial charge >= 0.3 is 0 Å². The van der Waals surface area contributed by atoms with Gasteiger partial charge < -0.3 is 10.8 Å². The van der Waals surface area contributed by atoms with Crippen LogP contribution in [0.5, 0.6) is 5.75 Å². The van der Waals surface area contributed by atoms with Gasteiger partial charge in [-0.3, -0.25) is 10.1 Å². The second-order valence-electron chi connectivity index (χ2n) is 3.38. The molecule has 0 spiro atoms. The van der Waals surface area contributed by atoms with E-state index in [-0.39, 0.29) is 17.0 Å². The van der Waals surface area contributed by atoms with E-state index in [0.717, 1.165) is 6.07 Å². The highest BCUT2D eigenvalue weighted by Gasteiger charge is 2.13. The molecule has 1 aromatic rings. The van der Waals surface area contributed by atoms with Crippen molar-refractivity contribution in [2.24, 2.45) is 10.7 Å². The molecular formula is C11H10F2N4O2. The van der Waals surface area contributed by atoms with Crippen LogP contribution < -0.4 is 11.1 Å². The highest BCUT2D eigenvalue weighted by atomic mass is 19.3. The predicted molar refractivity (Wildman–Crippen MR) is 64.3 cm³/mol. The lowest BCUT2D eigenvalue weighted by Crippen LogP contribution is -2.37. The Morgan fingerprint density at radius 1 is 1.58 bits per heavy atom. The van der Waals surface area contributed by atoms with Crippen molar-refractivity contribution in [3.05, 3.63) is 35.2 Å². The fraction of sp³-hybridized carbons (Fsp3) is 0.182. The van der Waals surface area contributed by atoms with Crippen LogP contribution in [0.1, 0.15) is 10.4 Å². The summed E-state index contributed by atoms with van der Waals surface area (Å²) in [4.78, 5) is 18.0. The number of hydrogen-bond donors (Lipinski definition) is 3. The zero-order valence-corrected chi connectivity index (χ0v) is 9.60. The molecule has 6 nitrogen and oxygen atoms in total. The summed E-state index contributed by atoms with van der Waals surface area (Å²) in [5.74, 6) is -1.68. The summed E-state index contributed by atoms with van der Waals surface area (Å²) in [5, 5.41) is 11.5. The number of nitrogens with zero attached hydrogens (tertiary/aromatic N) is 2. The van der Waals surface area contributed by atoms with Crippen LogP contribution in [0.2, 0.25) is 0 Å². The minimum atomic E-state index is -2.67. The standard InChI is InChI=1S/C11H10F2N4O2/c1-15-6-2-3-8(18)7(4-6)10(19)17-11(14)16-5-9(12)13/h2-4,9,18H,5H2,(H3,14,16,17,19). The molecule has 1 aromatic carbocycles. The number of carbonyl (C=O) groups excluding carboxylic acids is 1. The Morgan fingerprint density at radius 3 is 2.84 bits per heavy atom. The lowest BCUT2D eigenvalue weighted by atomic mass is 10.1. The van der Waals surface area contributed by atoms with Gasteiger partial charge in [0.05, 0.1) is 12.1 Å². The zero-order chi connectivity index (χ0) is 14.4. The molecule has 0 aliphatic rings. The summed E-state index contributed by atoms with van der Waals surface area (Å²) in [7, 11) is 0. The predicted octanol–water partition coefficient (Wildman–Crippen LogP) is 1.25. The van der Waals surface area contributed by atoms with Crippen LogP contribution >= 0.6 is 0 Å². The summed E-state index contributed by atoms with van der Waals surface area (Å²) in [5.41, 5.74) is 5.18. The number of carbonyl (C=O) groups is 1. The van der Waals surface area contributed by atoms with Gasteiger partial charge in [0.1, 0.15) is 12.3 Å². The maximum absolute atomic E-state index is 11.9. The van der Waals surface area contributed by atoms with Crippen molar-refractivity contribution in [1.29, 1.82) is 0 Å². The molecule has 0 unspecified atom stereocenters. The molecule has 0 heterocycles.